The molecule has 20 heavy (non-hydrogen) atoms. The third kappa shape index (κ3) is 2.52. The van der Waals surface area contributed by atoms with Crippen LogP contribution in [0, 0.1) is 0 Å². The first kappa shape index (κ1) is 13.1. The van der Waals surface area contributed by atoms with Crippen molar-refractivity contribution in [2.75, 3.05) is 0 Å². The van der Waals surface area contributed by atoms with E-state index in [0.717, 1.165) is 22.8 Å². The fourth-order valence-electron chi connectivity index (χ4n) is 2.40. The van der Waals surface area contributed by atoms with E-state index in [-0.39, 0.29) is 0 Å². The molecule has 1 heterocycles. The SMILES string of the molecule is CCn1cc(COc2ccccc2)c2ccc(Cl)cc21. The maximum Gasteiger partial charge on any atom is 0.119 e. The van der Waals surface area contributed by atoms with Crippen LogP contribution >= 0.6 is 11.6 Å². The highest BCUT2D eigenvalue weighted by molar-refractivity contribution is 6.31. The lowest BCUT2D eigenvalue weighted by molar-refractivity contribution is 0.307. The highest BCUT2D eigenvalue weighted by Gasteiger charge is 2.08. The zero-order chi connectivity index (χ0) is 13.9. The molecule has 2 aromatic carbocycles. The summed E-state index contributed by atoms with van der Waals surface area (Å²) in [5, 5.41) is 1.97. The molecule has 0 saturated heterocycles. The predicted octanol–water partition coefficient (Wildman–Crippen LogP) is 4.89. The van der Waals surface area contributed by atoms with Crippen molar-refractivity contribution in [2.45, 2.75) is 20.1 Å². The number of aryl methyl sites for hydroxylation is 1. The number of aromatic nitrogens is 1. The second kappa shape index (κ2) is 5.59. The molecule has 1 aromatic heterocycles. The van der Waals surface area contributed by atoms with Gasteiger partial charge in [-0.3, -0.25) is 0 Å². The molecule has 3 aromatic rings. The van der Waals surface area contributed by atoms with Gasteiger partial charge in [0, 0.05) is 34.2 Å². The molecular weight excluding hydrogens is 270 g/mol. The fourth-order valence-corrected chi connectivity index (χ4v) is 2.56. The molecule has 2 nitrogen and oxygen atoms in total. The zero-order valence-electron chi connectivity index (χ0n) is 11.3. The first-order chi connectivity index (χ1) is 9.78. The highest BCUT2D eigenvalue weighted by Crippen LogP contribution is 2.26. The lowest BCUT2D eigenvalue weighted by Gasteiger charge is -2.04. The molecule has 0 aliphatic heterocycles. The third-order valence-corrected chi connectivity index (χ3v) is 3.64. The lowest BCUT2D eigenvalue weighted by Crippen LogP contribution is -1.94. The molecule has 0 aliphatic carbocycles. The van der Waals surface area contributed by atoms with Gasteiger partial charge in [-0.2, -0.15) is 0 Å². The van der Waals surface area contributed by atoms with E-state index in [0.29, 0.717) is 6.61 Å². The van der Waals surface area contributed by atoms with Crippen molar-refractivity contribution in [3.63, 3.8) is 0 Å². The van der Waals surface area contributed by atoms with Gasteiger partial charge in [-0.1, -0.05) is 35.9 Å². The van der Waals surface area contributed by atoms with E-state index in [1.807, 2.05) is 42.5 Å². The second-order valence-corrected chi connectivity index (χ2v) is 5.14. The zero-order valence-corrected chi connectivity index (χ0v) is 12.1. The molecule has 3 rings (SSSR count). The monoisotopic (exact) mass is 285 g/mol. The number of fused-ring (bicyclic) bond motifs is 1. The molecule has 102 valence electrons. The second-order valence-electron chi connectivity index (χ2n) is 4.70. The topological polar surface area (TPSA) is 14.2 Å². The van der Waals surface area contributed by atoms with Gasteiger partial charge < -0.3 is 9.30 Å². The maximum absolute atomic E-state index is 6.09. The Bertz CT molecular complexity index is 718. The Labute approximate surface area is 123 Å². The van der Waals surface area contributed by atoms with Gasteiger partial charge >= 0.3 is 0 Å². The minimum absolute atomic E-state index is 0.565. The molecule has 0 N–H and O–H groups in total. The summed E-state index contributed by atoms with van der Waals surface area (Å²) < 4.78 is 8.04. The van der Waals surface area contributed by atoms with Crippen LogP contribution in [0.4, 0.5) is 0 Å². The Morgan fingerprint density at radius 2 is 1.90 bits per heavy atom. The van der Waals surface area contributed by atoms with Crippen LogP contribution in [0.3, 0.4) is 0 Å². The molecule has 0 fully saturated rings. The van der Waals surface area contributed by atoms with E-state index >= 15 is 0 Å². The molecule has 0 unspecified atom stereocenters. The van der Waals surface area contributed by atoms with Crippen molar-refractivity contribution >= 4 is 22.5 Å². The van der Waals surface area contributed by atoms with Gasteiger partial charge in [-0.15, -0.1) is 0 Å². The largest absolute Gasteiger partial charge is 0.489 e. The number of hydrogen-bond donors (Lipinski definition) is 0. The normalized spacial score (nSPS) is 10.9. The highest BCUT2D eigenvalue weighted by atomic mass is 35.5. The number of nitrogens with zero attached hydrogens (tertiary/aromatic N) is 1. The molecule has 0 amide bonds. The van der Waals surface area contributed by atoms with Crippen molar-refractivity contribution in [3.05, 3.63) is 65.3 Å². The number of hydrogen-bond acceptors (Lipinski definition) is 1. The van der Waals surface area contributed by atoms with Crippen LogP contribution in [0.2, 0.25) is 5.02 Å². The third-order valence-electron chi connectivity index (χ3n) is 3.41. The van der Waals surface area contributed by atoms with Crippen molar-refractivity contribution < 1.29 is 4.74 Å². The van der Waals surface area contributed by atoms with Crippen LogP contribution in [0.1, 0.15) is 12.5 Å². The minimum atomic E-state index is 0.565. The van der Waals surface area contributed by atoms with Crippen LogP contribution in [-0.2, 0) is 13.2 Å². The van der Waals surface area contributed by atoms with E-state index in [2.05, 4.69) is 23.8 Å². The average molecular weight is 286 g/mol. The van der Waals surface area contributed by atoms with Crippen molar-refractivity contribution in [1.29, 1.82) is 0 Å². The Hall–Kier alpha value is -1.93. The van der Waals surface area contributed by atoms with Crippen molar-refractivity contribution in [3.8, 4) is 5.75 Å². The maximum atomic E-state index is 6.09. The molecule has 0 radical (unpaired) electrons. The van der Waals surface area contributed by atoms with E-state index in [1.54, 1.807) is 0 Å². The van der Waals surface area contributed by atoms with Gasteiger partial charge in [0.05, 0.1) is 0 Å². The summed E-state index contributed by atoms with van der Waals surface area (Å²) >= 11 is 6.09. The standard InChI is InChI=1S/C17H16ClNO/c1-2-19-11-13(12-20-15-6-4-3-5-7-15)16-9-8-14(18)10-17(16)19/h3-11H,2,12H2,1H3. The Balaban J connectivity index is 1.92. The van der Waals surface area contributed by atoms with Crippen LogP contribution in [0.5, 0.6) is 5.75 Å². The first-order valence-electron chi connectivity index (χ1n) is 6.73. The van der Waals surface area contributed by atoms with Gasteiger partial charge in [0.2, 0.25) is 0 Å². The molecule has 3 heteroatoms. The summed E-state index contributed by atoms with van der Waals surface area (Å²) in [7, 11) is 0. The molecule has 0 atom stereocenters. The average Bonchev–Trinajstić information content (AvgIpc) is 2.83. The Morgan fingerprint density at radius 1 is 1.10 bits per heavy atom. The summed E-state index contributed by atoms with van der Waals surface area (Å²) in [6.07, 6.45) is 2.14. The van der Waals surface area contributed by atoms with E-state index in [1.165, 1.54) is 10.9 Å². The van der Waals surface area contributed by atoms with E-state index in [9.17, 15) is 0 Å². The van der Waals surface area contributed by atoms with E-state index < -0.39 is 0 Å². The fraction of sp³-hybridized carbons (Fsp3) is 0.176. The summed E-state index contributed by atoms with van der Waals surface area (Å²) in [5.41, 5.74) is 2.34. The van der Waals surface area contributed by atoms with Gasteiger partial charge in [0.15, 0.2) is 0 Å². The molecule has 0 saturated carbocycles. The van der Waals surface area contributed by atoms with Gasteiger partial charge in [0.25, 0.3) is 0 Å². The summed E-state index contributed by atoms with van der Waals surface area (Å²) in [6, 6.07) is 15.9. The van der Waals surface area contributed by atoms with Crippen molar-refractivity contribution in [1.82, 2.24) is 4.57 Å². The van der Waals surface area contributed by atoms with Gasteiger partial charge in [-0.05, 0) is 31.2 Å². The van der Waals surface area contributed by atoms with Gasteiger partial charge in [0.1, 0.15) is 12.4 Å². The molecule has 0 spiro atoms. The first-order valence-corrected chi connectivity index (χ1v) is 7.11. The predicted molar refractivity (Wildman–Crippen MR) is 83.4 cm³/mol. The molecule has 0 bridgehead atoms. The van der Waals surface area contributed by atoms with Gasteiger partial charge in [-0.25, -0.2) is 0 Å². The van der Waals surface area contributed by atoms with Crippen LogP contribution in [0.25, 0.3) is 10.9 Å². The van der Waals surface area contributed by atoms with Crippen molar-refractivity contribution in [2.24, 2.45) is 0 Å². The number of benzene rings is 2. The summed E-state index contributed by atoms with van der Waals surface area (Å²) in [6.45, 7) is 3.61. The number of halogens is 1. The molecule has 0 aliphatic rings. The minimum Gasteiger partial charge on any atom is -0.489 e. The summed E-state index contributed by atoms with van der Waals surface area (Å²) in [4.78, 5) is 0. The Morgan fingerprint density at radius 3 is 2.65 bits per heavy atom. The summed E-state index contributed by atoms with van der Waals surface area (Å²) in [5.74, 6) is 0.888. The Kier molecular flexibility index (Phi) is 3.66. The number of rotatable bonds is 4. The molecular formula is C17H16ClNO. The smallest absolute Gasteiger partial charge is 0.119 e. The van der Waals surface area contributed by atoms with E-state index in [4.69, 9.17) is 16.3 Å². The van der Waals surface area contributed by atoms with Crippen LogP contribution < -0.4 is 4.74 Å². The van der Waals surface area contributed by atoms with Crippen LogP contribution in [-0.4, -0.2) is 4.57 Å². The van der Waals surface area contributed by atoms with Crippen LogP contribution in [0.15, 0.2) is 54.7 Å². The number of ether oxygens (including phenoxy) is 1. The quantitative estimate of drug-likeness (QED) is 0.665. The number of para-hydroxylation sites is 1. The lowest BCUT2D eigenvalue weighted by atomic mass is 10.2.